The number of rotatable bonds is 9. The van der Waals surface area contributed by atoms with E-state index in [1.165, 1.54) is 44.1 Å². The van der Waals surface area contributed by atoms with Crippen LogP contribution in [-0.4, -0.2) is 47.2 Å². The number of nitrogens with one attached hydrogen (secondary N) is 3. The number of thiophene rings is 1. The molecule has 1 unspecified atom stereocenters. The molecule has 4 aromatic rings. The third kappa shape index (κ3) is 7.82. The first-order chi connectivity index (χ1) is 22.1. The predicted molar refractivity (Wildman–Crippen MR) is 187 cm³/mol. The van der Waals surface area contributed by atoms with Crippen LogP contribution in [0.5, 0.6) is 0 Å². The van der Waals surface area contributed by atoms with Gasteiger partial charge in [-0.15, -0.1) is 23.1 Å². The number of carbonyl (C=O) groups is 4. The summed E-state index contributed by atoms with van der Waals surface area (Å²) in [5, 5.41) is 9.44. The molecule has 12 heteroatoms. The van der Waals surface area contributed by atoms with Gasteiger partial charge < -0.3 is 25.6 Å². The Labute approximate surface area is 280 Å². The second-order valence-corrected chi connectivity index (χ2v) is 13.2. The molecule has 0 aliphatic carbocycles. The molecule has 0 fully saturated rings. The van der Waals surface area contributed by atoms with Gasteiger partial charge in [0.15, 0.2) is 10.9 Å². The summed E-state index contributed by atoms with van der Waals surface area (Å²) in [5.74, 6) is -0.871. The second kappa shape index (κ2) is 14.7. The zero-order valence-corrected chi connectivity index (χ0v) is 27.9. The lowest BCUT2D eigenvalue weighted by molar-refractivity contribution is -0.129. The lowest BCUT2D eigenvalue weighted by atomic mass is 10.0. The number of hydrogen-bond donors (Lipinski definition) is 3. The summed E-state index contributed by atoms with van der Waals surface area (Å²) >= 11 is 8.18. The maximum Gasteiger partial charge on any atom is 0.341 e. The Morgan fingerprint density at radius 2 is 1.63 bits per heavy atom. The van der Waals surface area contributed by atoms with Crippen molar-refractivity contribution < 1.29 is 23.9 Å². The Morgan fingerprint density at radius 1 is 0.913 bits per heavy atom. The molecule has 2 amide bonds. The summed E-state index contributed by atoms with van der Waals surface area (Å²) in [7, 11) is 1.32. The molecule has 5 rings (SSSR count). The number of ether oxygens (including phenoxy) is 1. The van der Waals surface area contributed by atoms with Crippen molar-refractivity contribution in [1.82, 2.24) is 4.90 Å². The number of hydrogen-bond acceptors (Lipinski definition) is 8. The smallest absolute Gasteiger partial charge is 0.341 e. The molecular weight excluding hydrogens is 641 g/mol. The van der Waals surface area contributed by atoms with Crippen LogP contribution in [0.4, 0.5) is 16.4 Å². The van der Waals surface area contributed by atoms with Gasteiger partial charge in [-0.1, -0.05) is 36.4 Å². The first-order valence-electron chi connectivity index (χ1n) is 14.4. The normalized spacial score (nSPS) is 12.8. The lowest BCUT2D eigenvalue weighted by Crippen LogP contribution is -2.33. The van der Waals surface area contributed by atoms with Gasteiger partial charge >= 0.3 is 5.97 Å². The Bertz CT molecular complexity index is 1790. The fourth-order valence-electron chi connectivity index (χ4n) is 5.02. The number of carbonyl (C=O) groups excluding carboxylic acids is 4. The van der Waals surface area contributed by atoms with Crippen molar-refractivity contribution in [2.75, 3.05) is 29.6 Å². The standard InChI is InChI=1S/C34H32N4O5S3/c1-20(39)22-12-14-24(15-13-22)35-34(44)36-25-10-7-11-26(18-25)45-30(23-8-5-4-6-9-23)31(41)37-32-29(33(42)43-3)27-16-17-38(21(2)40)19-28(27)46-32/h4-15,18,30H,16-17,19H2,1-3H3,(H,37,41)(H2,35,36,44). The highest BCUT2D eigenvalue weighted by molar-refractivity contribution is 8.00. The first-order valence-corrected chi connectivity index (χ1v) is 16.5. The number of methoxy groups -OCH3 is 1. The minimum Gasteiger partial charge on any atom is -0.465 e. The van der Waals surface area contributed by atoms with Gasteiger partial charge in [0.1, 0.15) is 10.3 Å². The fourth-order valence-corrected chi connectivity index (χ4v) is 7.60. The van der Waals surface area contributed by atoms with E-state index in [-0.39, 0.29) is 17.6 Å². The number of fused-ring (bicyclic) bond motifs is 1. The number of thioether (sulfide) groups is 1. The molecule has 0 saturated carbocycles. The maximum atomic E-state index is 14.0. The highest BCUT2D eigenvalue weighted by Crippen LogP contribution is 2.41. The summed E-state index contributed by atoms with van der Waals surface area (Å²) < 4.78 is 5.09. The zero-order chi connectivity index (χ0) is 32.8. The van der Waals surface area contributed by atoms with Crippen LogP contribution >= 0.6 is 35.3 Å². The molecule has 46 heavy (non-hydrogen) atoms. The van der Waals surface area contributed by atoms with E-state index in [0.29, 0.717) is 40.8 Å². The molecule has 0 spiro atoms. The maximum absolute atomic E-state index is 14.0. The third-order valence-corrected chi connectivity index (χ3v) is 9.95. The van der Waals surface area contributed by atoms with Crippen LogP contribution in [0.15, 0.2) is 83.8 Å². The van der Waals surface area contributed by atoms with Crippen LogP contribution < -0.4 is 16.0 Å². The molecule has 236 valence electrons. The molecule has 0 bridgehead atoms. The van der Waals surface area contributed by atoms with Gasteiger partial charge in [-0.25, -0.2) is 4.79 Å². The van der Waals surface area contributed by atoms with Crippen LogP contribution in [0.25, 0.3) is 0 Å². The van der Waals surface area contributed by atoms with Crippen molar-refractivity contribution in [3.05, 3.63) is 106 Å². The molecule has 3 aromatic carbocycles. The molecule has 3 N–H and O–H groups in total. The highest BCUT2D eigenvalue weighted by atomic mass is 32.2. The summed E-state index contributed by atoms with van der Waals surface area (Å²) in [6.45, 7) is 3.92. The van der Waals surface area contributed by atoms with E-state index in [0.717, 1.165) is 32.3 Å². The molecule has 0 radical (unpaired) electrons. The first kappa shape index (κ1) is 32.9. The van der Waals surface area contributed by atoms with Gasteiger partial charge in [0, 0.05) is 40.2 Å². The second-order valence-electron chi connectivity index (χ2n) is 10.5. The van der Waals surface area contributed by atoms with E-state index < -0.39 is 11.2 Å². The lowest BCUT2D eigenvalue weighted by Gasteiger charge is -2.25. The topological polar surface area (TPSA) is 117 Å². The number of thiocarbonyl (C=S) groups is 1. The van der Waals surface area contributed by atoms with E-state index in [9.17, 15) is 19.2 Å². The van der Waals surface area contributed by atoms with Crippen molar-refractivity contribution in [2.24, 2.45) is 0 Å². The predicted octanol–water partition coefficient (Wildman–Crippen LogP) is 6.92. The van der Waals surface area contributed by atoms with E-state index in [1.54, 1.807) is 29.2 Å². The van der Waals surface area contributed by atoms with Crippen LogP contribution in [-0.2, 0) is 27.3 Å². The number of amides is 2. The molecule has 1 aliphatic heterocycles. The van der Waals surface area contributed by atoms with Gasteiger partial charge in [-0.05, 0) is 79.2 Å². The van der Waals surface area contributed by atoms with Gasteiger partial charge in [0.25, 0.3) is 0 Å². The summed E-state index contributed by atoms with van der Waals surface area (Å²) in [4.78, 5) is 53.9. The van der Waals surface area contributed by atoms with Gasteiger partial charge in [-0.2, -0.15) is 0 Å². The Kier molecular flexibility index (Phi) is 10.5. The minimum atomic E-state index is -0.653. The molecule has 1 aromatic heterocycles. The summed E-state index contributed by atoms with van der Waals surface area (Å²) in [6.07, 6.45) is 0.503. The average Bonchev–Trinajstić information content (AvgIpc) is 3.40. The Balaban J connectivity index is 1.35. The number of esters is 1. The Morgan fingerprint density at radius 3 is 2.30 bits per heavy atom. The van der Waals surface area contributed by atoms with E-state index in [4.69, 9.17) is 17.0 Å². The van der Waals surface area contributed by atoms with Crippen molar-refractivity contribution in [1.29, 1.82) is 0 Å². The number of ketones is 1. The monoisotopic (exact) mass is 672 g/mol. The van der Waals surface area contributed by atoms with Crippen molar-refractivity contribution in [3.8, 4) is 0 Å². The van der Waals surface area contributed by atoms with Crippen LogP contribution in [0.3, 0.4) is 0 Å². The number of nitrogens with zero attached hydrogens (tertiary/aromatic N) is 1. The molecule has 0 saturated heterocycles. The molecular formula is C34H32N4O5S3. The zero-order valence-electron chi connectivity index (χ0n) is 25.4. The quantitative estimate of drug-likeness (QED) is 0.0754. The largest absolute Gasteiger partial charge is 0.465 e. The molecule has 1 atom stereocenters. The number of anilines is 3. The van der Waals surface area contributed by atoms with Crippen LogP contribution in [0.2, 0.25) is 0 Å². The molecule has 1 aliphatic rings. The minimum absolute atomic E-state index is 0.0107. The molecule has 9 nitrogen and oxygen atoms in total. The van der Waals surface area contributed by atoms with E-state index >= 15 is 0 Å². The number of Topliss-reactive ketones (excluding diaryl/α,β-unsaturated/α-hetero) is 1. The van der Waals surface area contributed by atoms with E-state index in [1.807, 2.05) is 54.6 Å². The van der Waals surface area contributed by atoms with Crippen molar-refractivity contribution in [3.63, 3.8) is 0 Å². The third-order valence-electron chi connectivity index (χ3n) is 7.36. The summed E-state index contributed by atoms with van der Waals surface area (Å²) in [5.41, 5.74) is 4.03. The van der Waals surface area contributed by atoms with E-state index in [2.05, 4.69) is 16.0 Å². The van der Waals surface area contributed by atoms with Crippen LogP contribution in [0, 0.1) is 0 Å². The number of benzene rings is 3. The Hall–Kier alpha value is -4.52. The fraction of sp³-hybridized carbons (Fsp3) is 0.206. The van der Waals surface area contributed by atoms with Gasteiger partial charge in [0.05, 0.1) is 19.2 Å². The van der Waals surface area contributed by atoms with Crippen molar-refractivity contribution in [2.45, 2.75) is 37.0 Å². The average molecular weight is 673 g/mol. The highest BCUT2D eigenvalue weighted by Gasteiger charge is 2.32. The van der Waals surface area contributed by atoms with Crippen LogP contribution in [0.1, 0.15) is 55.8 Å². The SMILES string of the molecule is COC(=O)c1c(NC(=O)C(Sc2cccc(NC(=S)Nc3ccc(C(C)=O)cc3)c2)c2ccccc2)sc2c1CCN(C(C)=O)C2. The van der Waals surface area contributed by atoms with Gasteiger partial charge in [0.2, 0.25) is 11.8 Å². The summed E-state index contributed by atoms with van der Waals surface area (Å²) in [6, 6.07) is 24.0. The molecule has 2 heterocycles. The van der Waals surface area contributed by atoms with Gasteiger partial charge in [-0.3, -0.25) is 14.4 Å². The van der Waals surface area contributed by atoms with Crippen molar-refractivity contribution >= 4 is 80.4 Å².